The molecule has 2 N–H and O–H groups in total. The molecule has 1 aliphatic rings. The number of amides is 2. The topological polar surface area (TPSA) is 99.6 Å². The standard InChI is InChI=1S/C15H21N3O4S2/c1-4-5-11(19)18-7-23-6-10(18)13(20)16-9(3)14-17-8(2)12(24-14)15(21)22/h9-10H,4-7H2,1-3H3,(H,16,20)(H,21,22). The number of carbonyl (C=O) groups excluding carboxylic acids is 2. The van der Waals surface area contributed by atoms with Crippen LogP contribution >= 0.6 is 23.1 Å². The van der Waals surface area contributed by atoms with Gasteiger partial charge in [-0.05, 0) is 20.3 Å². The van der Waals surface area contributed by atoms with Gasteiger partial charge in [0.05, 0.1) is 17.6 Å². The Hall–Kier alpha value is -1.61. The number of hydrogen-bond donors (Lipinski definition) is 2. The van der Waals surface area contributed by atoms with E-state index in [2.05, 4.69) is 10.3 Å². The minimum absolute atomic E-state index is 0.00596. The lowest BCUT2D eigenvalue weighted by atomic mass is 10.2. The Kier molecular flexibility index (Phi) is 6.22. The molecule has 0 aromatic carbocycles. The van der Waals surface area contributed by atoms with E-state index in [0.29, 0.717) is 28.8 Å². The third kappa shape index (κ3) is 4.07. The van der Waals surface area contributed by atoms with Crippen LogP contribution in [0.5, 0.6) is 0 Å². The van der Waals surface area contributed by atoms with Gasteiger partial charge in [0.15, 0.2) is 0 Å². The molecule has 0 radical (unpaired) electrons. The molecule has 9 heteroatoms. The molecule has 2 atom stereocenters. The first-order valence-corrected chi connectivity index (χ1v) is 9.70. The Morgan fingerprint density at radius 1 is 1.46 bits per heavy atom. The third-order valence-electron chi connectivity index (χ3n) is 3.71. The summed E-state index contributed by atoms with van der Waals surface area (Å²) < 4.78 is 0. The van der Waals surface area contributed by atoms with Crippen LogP contribution in [0.25, 0.3) is 0 Å². The van der Waals surface area contributed by atoms with Crippen LogP contribution in [0.3, 0.4) is 0 Å². The van der Waals surface area contributed by atoms with Crippen LogP contribution in [0.15, 0.2) is 0 Å². The predicted octanol–water partition coefficient (Wildman–Crippen LogP) is 2.03. The van der Waals surface area contributed by atoms with E-state index in [-0.39, 0.29) is 16.7 Å². The summed E-state index contributed by atoms with van der Waals surface area (Å²) in [5.41, 5.74) is 0.444. The van der Waals surface area contributed by atoms with Crippen molar-refractivity contribution in [2.24, 2.45) is 0 Å². The number of thioether (sulfide) groups is 1. The van der Waals surface area contributed by atoms with E-state index in [1.54, 1.807) is 30.5 Å². The minimum atomic E-state index is -1.02. The normalized spacial score (nSPS) is 18.5. The maximum Gasteiger partial charge on any atom is 0.347 e. The summed E-state index contributed by atoms with van der Waals surface area (Å²) in [7, 11) is 0. The number of nitrogens with one attached hydrogen (secondary N) is 1. The fourth-order valence-electron chi connectivity index (χ4n) is 2.44. The zero-order valence-electron chi connectivity index (χ0n) is 13.9. The molecule has 132 valence electrons. The molecular weight excluding hydrogens is 350 g/mol. The zero-order chi connectivity index (χ0) is 17.9. The van der Waals surface area contributed by atoms with Gasteiger partial charge in [-0.1, -0.05) is 6.92 Å². The van der Waals surface area contributed by atoms with Crippen LogP contribution in [0, 0.1) is 6.92 Å². The van der Waals surface area contributed by atoms with Crippen LogP contribution in [0.4, 0.5) is 0 Å². The monoisotopic (exact) mass is 371 g/mol. The highest BCUT2D eigenvalue weighted by molar-refractivity contribution is 7.99. The average Bonchev–Trinajstić information content (AvgIpc) is 3.13. The summed E-state index contributed by atoms with van der Waals surface area (Å²) in [6, 6.07) is -0.875. The zero-order valence-corrected chi connectivity index (χ0v) is 15.5. The van der Waals surface area contributed by atoms with Crippen molar-refractivity contribution in [1.82, 2.24) is 15.2 Å². The Morgan fingerprint density at radius 2 is 2.17 bits per heavy atom. The fraction of sp³-hybridized carbons (Fsp3) is 0.600. The highest BCUT2D eigenvalue weighted by Crippen LogP contribution is 2.26. The molecule has 2 rings (SSSR count). The van der Waals surface area contributed by atoms with Crippen molar-refractivity contribution in [3.05, 3.63) is 15.6 Å². The van der Waals surface area contributed by atoms with Gasteiger partial charge in [0.1, 0.15) is 15.9 Å². The van der Waals surface area contributed by atoms with Crippen molar-refractivity contribution in [1.29, 1.82) is 0 Å². The smallest absolute Gasteiger partial charge is 0.347 e. The Balaban J connectivity index is 2.04. The van der Waals surface area contributed by atoms with Gasteiger partial charge in [-0.25, -0.2) is 9.78 Å². The van der Waals surface area contributed by atoms with E-state index in [0.717, 1.165) is 17.8 Å². The highest BCUT2D eigenvalue weighted by Gasteiger charge is 2.35. The summed E-state index contributed by atoms with van der Waals surface area (Å²) in [4.78, 5) is 41.7. The molecule has 7 nitrogen and oxygen atoms in total. The van der Waals surface area contributed by atoms with Gasteiger partial charge in [-0.2, -0.15) is 0 Å². The van der Waals surface area contributed by atoms with E-state index in [1.165, 1.54) is 0 Å². The molecule has 2 heterocycles. The highest BCUT2D eigenvalue weighted by atomic mass is 32.2. The van der Waals surface area contributed by atoms with Crippen molar-refractivity contribution in [3.8, 4) is 0 Å². The van der Waals surface area contributed by atoms with E-state index >= 15 is 0 Å². The summed E-state index contributed by atoms with van der Waals surface area (Å²) in [5, 5.41) is 12.5. The molecule has 1 aromatic rings. The first-order valence-electron chi connectivity index (χ1n) is 7.73. The van der Waals surface area contributed by atoms with Crippen LogP contribution < -0.4 is 5.32 Å². The fourth-order valence-corrected chi connectivity index (χ4v) is 4.52. The number of aromatic nitrogens is 1. The third-order valence-corrected chi connectivity index (χ3v) is 6.05. The van der Waals surface area contributed by atoms with Gasteiger partial charge in [0.25, 0.3) is 0 Å². The van der Waals surface area contributed by atoms with Crippen molar-refractivity contribution in [2.75, 3.05) is 11.6 Å². The second-order valence-electron chi connectivity index (χ2n) is 5.63. The number of carbonyl (C=O) groups is 3. The lowest BCUT2D eigenvalue weighted by Gasteiger charge is -2.24. The summed E-state index contributed by atoms with van der Waals surface area (Å²) in [6.07, 6.45) is 1.19. The van der Waals surface area contributed by atoms with Gasteiger partial charge >= 0.3 is 5.97 Å². The SMILES string of the molecule is CCCC(=O)N1CSCC1C(=O)NC(C)c1nc(C)c(C(=O)O)s1. The van der Waals surface area contributed by atoms with E-state index in [1.807, 2.05) is 6.92 Å². The number of hydrogen-bond acceptors (Lipinski definition) is 6. The first-order chi connectivity index (χ1) is 11.3. The largest absolute Gasteiger partial charge is 0.477 e. The number of aryl methyl sites for hydroxylation is 1. The van der Waals surface area contributed by atoms with Crippen LogP contribution in [-0.4, -0.2) is 50.4 Å². The first kappa shape index (κ1) is 18.7. The summed E-state index contributed by atoms with van der Waals surface area (Å²) in [5.74, 6) is -0.135. The minimum Gasteiger partial charge on any atom is -0.477 e. The summed E-state index contributed by atoms with van der Waals surface area (Å²) >= 11 is 2.62. The molecule has 2 unspecified atom stereocenters. The Morgan fingerprint density at radius 3 is 2.75 bits per heavy atom. The molecule has 2 amide bonds. The van der Waals surface area contributed by atoms with Crippen molar-refractivity contribution in [3.63, 3.8) is 0 Å². The second kappa shape index (κ2) is 7.98. The van der Waals surface area contributed by atoms with Crippen molar-refractivity contribution in [2.45, 2.75) is 45.7 Å². The lowest BCUT2D eigenvalue weighted by Crippen LogP contribution is -2.47. The van der Waals surface area contributed by atoms with Crippen LogP contribution in [-0.2, 0) is 9.59 Å². The molecule has 0 spiro atoms. The van der Waals surface area contributed by atoms with Gasteiger partial charge in [-0.3, -0.25) is 9.59 Å². The molecule has 1 saturated heterocycles. The van der Waals surface area contributed by atoms with Gasteiger partial charge in [0, 0.05) is 12.2 Å². The maximum absolute atomic E-state index is 12.5. The number of nitrogens with zero attached hydrogens (tertiary/aromatic N) is 2. The van der Waals surface area contributed by atoms with Crippen molar-refractivity contribution < 1.29 is 19.5 Å². The maximum atomic E-state index is 12.5. The molecular formula is C15H21N3O4S2. The molecule has 0 bridgehead atoms. The van der Waals surface area contributed by atoms with E-state index < -0.39 is 18.1 Å². The molecule has 1 aliphatic heterocycles. The molecule has 0 aliphatic carbocycles. The average molecular weight is 371 g/mol. The second-order valence-corrected chi connectivity index (χ2v) is 7.66. The number of carboxylic acids is 1. The molecule has 1 fully saturated rings. The number of thiazole rings is 1. The van der Waals surface area contributed by atoms with E-state index in [4.69, 9.17) is 5.11 Å². The molecule has 0 saturated carbocycles. The Bertz CT molecular complexity index is 647. The summed E-state index contributed by atoms with van der Waals surface area (Å²) in [6.45, 7) is 5.34. The van der Waals surface area contributed by atoms with Crippen LogP contribution in [0.2, 0.25) is 0 Å². The number of carboxylic acid groups (broad SMARTS) is 1. The number of aromatic carboxylic acids is 1. The van der Waals surface area contributed by atoms with Crippen molar-refractivity contribution >= 4 is 40.9 Å². The quantitative estimate of drug-likeness (QED) is 0.794. The molecule has 1 aromatic heterocycles. The number of rotatable bonds is 6. The Labute approximate surface area is 148 Å². The lowest BCUT2D eigenvalue weighted by molar-refractivity contribution is -0.138. The van der Waals surface area contributed by atoms with Gasteiger partial charge < -0.3 is 15.3 Å². The predicted molar refractivity (Wildman–Crippen MR) is 93.2 cm³/mol. The van der Waals surface area contributed by atoms with Crippen LogP contribution in [0.1, 0.15) is 53.1 Å². The van der Waals surface area contributed by atoms with Gasteiger partial charge in [0.2, 0.25) is 11.8 Å². The molecule has 24 heavy (non-hydrogen) atoms. The van der Waals surface area contributed by atoms with E-state index in [9.17, 15) is 14.4 Å². The van der Waals surface area contributed by atoms with Gasteiger partial charge in [-0.15, -0.1) is 23.1 Å².